The van der Waals surface area contributed by atoms with Gasteiger partial charge in [-0.2, -0.15) is 0 Å². The molecular weight excluding hydrogens is 527 g/mol. The van der Waals surface area contributed by atoms with Crippen LogP contribution in [0.1, 0.15) is 67.9 Å². The SMILES string of the molecule is CC(C)n1c(=O)n(CC2CC2)c(=O)c2cc(NC(=O)N3CCCC(CC(=O)c4ccc5c(c4)OCC5)C3)c(F)cc21. The number of Topliss-reactive ketones (excluding diaryl/α,β-unsaturated/α-hetero) is 1. The number of ether oxygens (including phenoxy) is 1. The van der Waals surface area contributed by atoms with Gasteiger partial charge < -0.3 is 15.0 Å². The second-order valence-electron chi connectivity index (χ2n) is 11.9. The number of hydrogen-bond donors (Lipinski definition) is 1. The summed E-state index contributed by atoms with van der Waals surface area (Å²) in [5, 5.41) is 2.83. The fraction of sp³-hybridized carbons (Fsp3) is 0.484. The van der Waals surface area contributed by atoms with E-state index >= 15 is 4.39 Å². The molecule has 1 unspecified atom stereocenters. The zero-order valence-electron chi connectivity index (χ0n) is 23.5. The van der Waals surface area contributed by atoms with Crippen molar-refractivity contribution in [2.24, 2.45) is 11.8 Å². The minimum absolute atomic E-state index is 0.00908. The van der Waals surface area contributed by atoms with Crippen LogP contribution in [-0.4, -0.2) is 45.5 Å². The topological polar surface area (TPSA) is 103 Å². The highest BCUT2D eigenvalue weighted by atomic mass is 19.1. The van der Waals surface area contributed by atoms with Gasteiger partial charge in [0, 0.05) is 50.1 Å². The molecule has 10 heteroatoms. The molecule has 1 saturated heterocycles. The molecule has 6 rings (SSSR count). The molecule has 0 bridgehead atoms. The molecule has 2 fully saturated rings. The molecule has 1 aromatic heterocycles. The zero-order chi connectivity index (χ0) is 28.8. The van der Waals surface area contributed by atoms with Gasteiger partial charge in [-0.3, -0.25) is 18.7 Å². The van der Waals surface area contributed by atoms with Crippen LogP contribution in [0.15, 0.2) is 39.9 Å². The minimum atomic E-state index is -0.721. The van der Waals surface area contributed by atoms with Gasteiger partial charge in [0.2, 0.25) is 0 Å². The first-order valence-electron chi connectivity index (χ1n) is 14.5. The Balaban J connectivity index is 1.20. The van der Waals surface area contributed by atoms with Crippen LogP contribution in [0.2, 0.25) is 0 Å². The van der Waals surface area contributed by atoms with Gasteiger partial charge in [-0.05, 0) is 69.1 Å². The summed E-state index contributed by atoms with van der Waals surface area (Å²) in [6.07, 6.45) is 4.64. The molecule has 3 aliphatic rings. The van der Waals surface area contributed by atoms with Crippen molar-refractivity contribution in [3.8, 4) is 5.75 Å². The summed E-state index contributed by atoms with van der Waals surface area (Å²) in [5.74, 6) is 0.333. The Kier molecular flexibility index (Phi) is 7.17. The summed E-state index contributed by atoms with van der Waals surface area (Å²) in [7, 11) is 0. The van der Waals surface area contributed by atoms with E-state index in [1.165, 1.54) is 15.2 Å². The maximum Gasteiger partial charge on any atom is 0.331 e. The van der Waals surface area contributed by atoms with E-state index in [1.807, 2.05) is 26.0 Å². The normalized spacial score (nSPS) is 18.4. The highest BCUT2D eigenvalue weighted by molar-refractivity contribution is 5.97. The molecule has 41 heavy (non-hydrogen) atoms. The predicted molar refractivity (Wildman–Crippen MR) is 153 cm³/mol. The number of nitrogens with zero attached hydrogens (tertiary/aromatic N) is 3. The van der Waals surface area contributed by atoms with E-state index in [1.54, 1.807) is 11.0 Å². The number of ketones is 1. The molecule has 3 aromatic rings. The number of benzene rings is 2. The van der Waals surface area contributed by atoms with Crippen molar-refractivity contribution in [2.45, 2.75) is 65.0 Å². The highest BCUT2D eigenvalue weighted by Crippen LogP contribution is 2.31. The summed E-state index contributed by atoms with van der Waals surface area (Å²) in [5.41, 5.74) is 0.906. The summed E-state index contributed by atoms with van der Waals surface area (Å²) in [4.78, 5) is 54.3. The molecule has 9 nitrogen and oxygen atoms in total. The average molecular weight is 563 g/mol. The van der Waals surface area contributed by atoms with Crippen molar-refractivity contribution in [1.82, 2.24) is 14.0 Å². The molecule has 1 atom stereocenters. The Morgan fingerprint density at radius 2 is 1.90 bits per heavy atom. The van der Waals surface area contributed by atoms with Crippen LogP contribution in [0.25, 0.3) is 10.9 Å². The Morgan fingerprint density at radius 1 is 1.10 bits per heavy atom. The van der Waals surface area contributed by atoms with Gasteiger partial charge >= 0.3 is 11.7 Å². The Bertz CT molecular complexity index is 1650. The first-order chi connectivity index (χ1) is 19.7. The number of halogens is 1. The zero-order valence-corrected chi connectivity index (χ0v) is 23.5. The second kappa shape index (κ2) is 10.8. The Morgan fingerprint density at radius 3 is 2.66 bits per heavy atom. The van der Waals surface area contributed by atoms with Crippen LogP contribution in [-0.2, 0) is 13.0 Å². The van der Waals surface area contributed by atoms with Crippen molar-refractivity contribution in [3.63, 3.8) is 0 Å². The van der Waals surface area contributed by atoms with Gasteiger partial charge in [0.25, 0.3) is 5.56 Å². The van der Waals surface area contributed by atoms with Crippen LogP contribution < -0.4 is 21.3 Å². The number of anilines is 1. The van der Waals surface area contributed by atoms with E-state index in [-0.39, 0.29) is 34.3 Å². The molecule has 0 radical (unpaired) electrons. The van der Waals surface area contributed by atoms with Crippen LogP contribution in [0.5, 0.6) is 5.75 Å². The minimum Gasteiger partial charge on any atom is -0.493 e. The molecule has 1 N–H and O–H groups in total. The van der Waals surface area contributed by atoms with Gasteiger partial charge in [-0.1, -0.05) is 12.1 Å². The van der Waals surface area contributed by atoms with Gasteiger partial charge in [0.1, 0.15) is 11.6 Å². The number of hydrogen-bond acceptors (Lipinski definition) is 5. The number of piperidine rings is 1. The second-order valence-corrected chi connectivity index (χ2v) is 11.9. The lowest BCUT2D eigenvalue weighted by molar-refractivity contribution is 0.0930. The van der Waals surface area contributed by atoms with Crippen LogP contribution in [0, 0.1) is 17.7 Å². The average Bonchev–Trinajstić information content (AvgIpc) is 3.65. The van der Waals surface area contributed by atoms with E-state index in [4.69, 9.17) is 4.74 Å². The number of aromatic nitrogens is 2. The largest absolute Gasteiger partial charge is 0.493 e. The fourth-order valence-electron chi connectivity index (χ4n) is 6.04. The summed E-state index contributed by atoms with van der Waals surface area (Å²) < 4.78 is 23.6. The first-order valence-corrected chi connectivity index (χ1v) is 14.5. The van der Waals surface area contributed by atoms with Crippen molar-refractivity contribution >= 4 is 28.4 Å². The van der Waals surface area contributed by atoms with E-state index in [2.05, 4.69) is 5.32 Å². The fourth-order valence-corrected chi connectivity index (χ4v) is 6.04. The predicted octanol–water partition coefficient (Wildman–Crippen LogP) is 4.75. The van der Waals surface area contributed by atoms with Crippen LogP contribution >= 0.6 is 0 Å². The standard InChI is InChI=1S/C31H35FN4O5/c1-18(2)36-26-15-24(32)25(14-23(26)29(38)35(31(36)40)17-19-5-6-19)33-30(39)34-10-3-4-20(16-34)12-27(37)22-8-7-21-9-11-41-28(21)13-22/h7-8,13-15,18-20H,3-6,9-12,16-17H2,1-2H3,(H,33,39). The summed E-state index contributed by atoms with van der Waals surface area (Å²) in [6.45, 7) is 5.46. The van der Waals surface area contributed by atoms with E-state index in [0.29, 0.717) is 44.1 Å². The van der Waals surface area contributed by atoms with E-state index < -0.39 is 23.1 Å². The molecule has 0 spiro atoms. The third-order valence-corrected chi connectivity index (χ3v) is 8.45. The number of fused-ring (bicyclic) bond motifs is 2. The molecule has 2 aromatic carbocycles. The van der Waals surface area contributed by atoms with E-state index in [0.717, 1.165) is 49.5 Å². The molecule has 3 heterocycles. The Hall–Kier alpha value is -3.95. The maximum absolute atomic E-state index is 15.3. The van der Waals surface area contributed by atoms with Gasteiger partial charge in [-0.25, -0.2) is 14.0 Å². The smallest absolute Gasteiger partial charge is 0.331 e. The third-order valence-electron chi connectivity index (χ3n) is 8.45. The van der Waals surface area contributed by atoms with Crippen molar-refractivity contribution in [2.75, 3.05) is 25.0 Å². The monoisotopic (exact) mass is 562 g/mol. The lowest BCUT2D eigenvalue weighted by atomic mass is 9.90. The molecule has 1 saturated carbocycles. The van der Waals surface area contributed by atoms with E-state index in [9.17, 15) is 19.2 Å². The molecule has 216 valence electrons. The summed E-state index contributed by atoms with van der Waals surface area (Å²) in [6, 6.07) is 7.31. The van der Waals surface area contributed by atoms with Gasteiger partial charge in [0.05, 0.1) is 23.2 Å². The lowest BCUT2D eigenvalue weighted by Gasteiger charge is -2.32. The van der Waals surface area contributed by atoms with Crippen molar-refractivity contribution in [1.29, 1.82) is 0 Å². The molecular formula is C31H35FN4O5. The number of urea groups is 1. The van der Waals surface area contributed by atoms with Gasteiger partial charge in [0.15, 0.2) is 5.78 Å². The van der Waals surface area contributed by atoms with Crippen molar-refractivity contribution in [3.05, 3.63) is 68.1 Å². The lowest BCUT2D eigenvalue weighted by Crippen LogP contribution is -2.43. The number of carbonyl (C=O) groups is 2. The third kappa shape index (κ3) is 5.39. The highest BCUT2D eigenvalue weighted by Gasteiger charge is 2.28. The molecule has 1 aliphatic carbocycles. The number of carbonyl (C=O) groups excluding carboxylic acids is 2. The van der Waals surface area contributed by atoms with Crippen LogP contribution in [0.3, 0.4) is 0 Å². The Labute approximate surface area is 236 Å². The van der Waals surface area contributed by atoms with Gasteiger partial charge in [-0.15, -0.1) is 0 Å². The maximum atomic E-state index is 15.3. The quantitative estimate of drug-likeness (QED) is 0.419. The number of likely N-dealkylation sites (tertiary alicyclic amines) is 1. The number of rotatable bonds is 7. The summed E-state index contributed by atoms with van der Waals surface area (Å²) >= 11 is 0. The molecule has 2 amide bonds. The van der Waals surface area contributed by atoms with Crippen molar-refractivity contribution < 1.29 is 18.7 Å². The van der Waals surface area contributed by atoms with Crippen LogP contribution in [0.4, 0.5) is 14.9 Å². The first kappa shape index (κ1) is 27.2. The molecule has 2 aliphatic heterocycles. The number of amides is 2. The number of nitrogens with one attached hydrogen (secondary N) is 1.